The highest BCUT2D eigenvalue weighted by Crippen LogP contribution is 2.38. The maximum Gasteiger partial charge on any atom is 0.0852 e. The first-order valence-corrected chi connectivity index (χ1v) is 8.26. The van der Waals surface area contributed by atoms with Crippen molar-refractivity contribution in [3.8, 4) is 0 Å². The van der Waals surface area contributed by atoms with E-state index in [2.05, 4.69) is 62.2 Å². The van der Waals surface area contributed by atoms with Crippen molar-refractivity contribution in [1.29, 1.82) is 0 Å². The average molecular weight is 411 g/mol. The number of halogens is 3. The summed E-state index contributed by atoms with van der Waals surface area (Å²) in [7, 11) is 0. The molecule has 0 aliphatic carbocycles. The van der Waals surface area contributed by atoms with E-state index in [0.717, 1.165) is 20.1 Å². The van der Waals surface area contributed by atoms with E-state index in [9.17, 15) is 0 Å². The van der Waals surface area contributed by atoms with Crippen LogP contribution in [0.25, 0.3) is 10.8 Å². The normalized spacial score (nSPS) is 12.6. The van der Waals surface area contributed by atoms with Crippen LogP contribution in [0.5, 0.6) is 0 Å². The average Bonchev–Trinajstić information content (AvgIpc) is 2.48. The predicted octanol–water partition coefficient (Wildman–Crippen LogP) is 6.69. The van der Waals surface area contributed by atoms with Crippen LogP contribution < -0.4 is 0 Å². The lowest BCUT2D eigenvalue weighted by Crippen LogP contribution is -1.96. The van der Waals surface area contributed by atoms with Gasteiger partial charge in [0.1, 0.15) is 0 Å². The van der Waals surface area contributed by atoms with Gasteiger partial charge in [0.2, 0.25) is 0 Å². The number of rotatable bonds is 2. The van der Waals surface area contributed by atoms with Crippen LogP contribution in [0.3, 0.4) is 0 Å². The maximum atomic E-state index is 6.72. The smallest absolute Gasteiger partial charge is 0.0852 e. The summed E-state index contributed by atoms with van der Waals surface area (Å²) >= 11 is 13.9. The van der Waals surface area contributed by atoms with Gasteiger partial charge in [-0.3, -0.25) is 0 Å². The fourth-order valence-electron chi connectivity index (χ4n) is 2.35. The summed E-state index contributed by atoms with van der Waals surface area (Å²) in [6.45, 7) is 0. The van der Waals surface area contributed by atoms with Gasteiger partial charge in [-0.15, -0.1) is 11.6 Å². The van der Waals surface area contributed by atoms with Crippen molar-refractivity contribution in [1.82, 2.24) is 0 Å². The SMILES string of the molecule is ClC(c1ccccc1Br)c1ccc(Br)c2ccccc12. The van der Waals surface area contributed by atoms with Crippen molar-refractivity contribution in [2.45, 2.75) is 5.38 Å². The minimum atomic E-state index is -0.177. The first-order chi connectivity index (χ1) is 9.68. The Kier molecular flexibility index (Phi) is 4.16. The molecule has 0 amide bonds. The molecule has 3 rings (SSSR count). The Hall–Kier alpha value is -0.830. The van der Waals surface area contributed by atoms with Gasteiger partial charge in [-0.1, -0.05) is 80.4 Å². The second-order valence-electron chi connectivity index (χ2n) is 4.57. The number of alkyl halides is 1. The zero-order valence-corrected chi connectivity index (χ0v) is 14.4. The molecule has 0 saturated heterocycles. The minimum Gasteiger partial charge on any atom is -0.113 e. The quantitative estimate of drug-likeness (QED) is 0.413. The lowest BCUT2D eigenvalue weighted by molar-refractivity contribution is 1.14. The van der Waals surface area contributed by atoms with Crippen LogP contribution in [0.15, 0.2) is 69.6 Å². The van der Waals surface area contributed by atoms with Gasteiger partial charge in [-0.05, 0) is 34.0 Å². The molecule has 0 radical (unpaired) electrons. The Morgan fingerprint density at radius 3 is 2.05 bits per heavy atom. The van der Waals surface area contributed by atoms with Crippen LogP contribution in [-0.4, -0.2) is 0 Å². The number of benzene rings is 3. The van der Waals surface area contributed by atoms with Crippen LogP contribution >= 0.6 is 43.5 Å². The van der Waals surface area contributed by atoms with Gasteiger partial charge >= 0.3 is 0 Å². The monoisotopic (exact) mass is 408 g/mol. The molecule has 0 N–H and O–H groups in total. The zero-order valence-electron chi connectivity index (χ0n) is 10.5. The second kappa shape index (κ2) is 5.88. The third-order valence-electron chi connectivity index (χ3n) is 3.36. The lowest BCUT2D eigenvalue weighted by Gasteiger charge is -2.15. The predicted molar refractivity (Wildman–Crippen MR) is 93.5 cm³/mol. The van der Waals surface area contributed by atoms with Crippen molar-refractivity contribution in [2.75, 3.05) is 0 Å². The van der Waals surface area contributed by atoms with Gasteiger partial charge in [0, 0.05) is 8.95 Å². The van der Waals surface area contributed by atoms with Gasteiger partial charge in [0.05, 0.1) is 5.38 Å². The van der Waals surface area contributed by atoms with Gasteiger partial charge < -0.3 is 0 Å². The molecule has 0 aliphatic rings. The van der Waals surface area contributed by atoms with E-state index in [0.29, 0.717) is 0 Å². The first-order valence-electron chi connectivity index (χ1n) is 6.24. The molecule has 3 aromatic carbocycles. The van der Waals surface area contributed by atoms with Crippen LogP contribution in [0.4, 0.5) is 0 Å². The highest BCUT2D eigenvalue weighted by molar-refractivity contribution is 9.11. The molecule has 1 atom stereocenters. The molecule has 3 heteroatoms. The molecule has 0 fully saturated rings. The molecule has 0 bridgehead atoms. The van der Waals surface area contributed by atoms with E-state index in [1.54, 1.807) is 0 Å². The largest absolute Gasteiger partial charge is 0.113 e. The first kappa shape index (κ1) is 14.1. The fraction of sp³-hybridized carbons (Fsp3) is 0.0588. The number of hydrogen-bond donors (Lipinski definition) is 0. The minimum absolute atomic E-state index is 0.177. The maximum absolute atomic E-state index is 6.72. The topological polar surface area (TPSA) is 0 Å². The van der Waals surface area contributed by atoms with Crippen molar-refractivity contribution < 1.29 is 0 Å². The van der Waals surface area contributed by atoms with E-state index in [4.69, 9.17) is 11.6 Å². The molecule has 0 spiro atoms. The molecule has 0 saturated carbocycles. The van der Waals surface area contributed by atoms with Crippen molar-refractivity contribution >= 4 is 54.2 Å². The number of hydrogen-bond acceptors (Lipinski definition) is 0. The highest BCUT2D eigenvalue weighted by Gasteiger charge is 2.16. The Balaban J connectivity index is 2.20. The Bertz CT molecular complexity index is 768. The third kappa shape index (κ3) is 2.52. The van der Waals surface area contributed by atoms with Crippen molar-refractivity contribution in [3.05, 3.63) is 80.7 Å². The molecular weight excluding hydrogens is 399 g/mol. The van der Waals surface area contributed by atoms with Crippen LogP contribution in [0.1, 0.15) is 16.5 Å². The molecule has 3 aromatic rings. The van der Waals surface area contributed by atoms with Gasteiger partial charge in [-0.2, -0.15) is 0 Å². The molecule has 0 heterocycles. The molecule has 0 nitrogen and oxygen atoms in total. The van der Waals surface area contributed by atoms with Crippen LogP contribution in [0, 0.1) is 0 Å². The van der Waals surface area contributed by atoms with Gasteiger partial charge in [-0.25, -0.2) is 0 Å². The summed E-state index contributed by atoms with van der Waals surface area (Å²) in [5, 5.41) is 2.18. The Labute approximate surface area is 140 Å². The van der Waals surface area contributed by atoms with Gasteiger partial charge in [0.15, 0.2) is 0 Å². The molecular formula is C17H11Br2Cl. The van der Waals surface area contributed by atoms with Crippen LogP contribution in [-0.2, 0) is 0 Å². The lowest BCUT2D eigenvalue weighted by atomic mass is 9.98. The zero-order chi connectivity index (χ0) is 14.1. The molecule has 20 heavy (non-hydrogen) atoms. The summed E-state index contributed by atoms with van der Waals surface area (Å²) in [5.41, 5.74) is 2.21. The molecule has 100 valence electrons. The van der Waals surface area contributed by atoms with Crippen molar-refractivity contribution in [3.63, 3.8) is 0 Å². The van der Waals surface area contributed by atoms with E-state index >= 15 is 0 Å². The molecule has 0 aromatic heterocycles. The fourth-order valence-corrected chi connectivity index (χ4v) is 3.86. The van der Waals surface area contributed by atoms with E-state index < -0.39 is 0 Å². The second-order valence-corrected chi connectivity index (χ2v) is 6.71. The van der Waals surface area contributed by atoms with E-state index in [1.165, 1.54) is 10.8 Å². The van der Waals surface area contributed by atoms with E-state index in [-0.39, 0.29) is 5.38 Å². The standard InChI is InChI=1S/C17H11Br2Cl/c18-15-8-4-3-7-14(15)17(20)13-9-10-16(19)12-6-2-1-5-11(12)13/h1-10,17H. The van der Waals surface area contributed by atoms with Gasteiger partial charge in [0.25, 0.3) is 0 Å². The summed E-state index contributed by atoms with van der Waals surface area (Å²) in [6.07, 6.45) is 0. The summed E-state index contributed by atoms with van der Waals surface area (Å²) in [4.78, 5) is 0. The summed E-state index contributed by atoms with van der Waals surface area (Å²) < 4.78 is 2.12. The highest BCUT2D eigenvalue weighted by atomic mass is 79.9. The molecule has 1 unspecified atom stereocenters. The van der Waals surface area contributed by atoms with Crippen molar-refractivity contribution in [2.24, 2.45) is 0 Å². The van der Waals surface area contributed by atoms with Crippen LogP contribution in [0.2, 0.25) is 0 Å². The Morgan fingerprint density at radius 2 is 1.30 bits per heavy atom. The summed E-state index contributed by atoms with van der Waals surface area (Å²) in [6, 6.07) is 20.5. The van der Waals surface area contributed by atoms with E-state index in [1.807, 2.05) is 30.3 Å². The Morgan fingerprint density at radius 1 is 0.650 bits per heavy atom. The third-order valence-corrected chi connectivity index (χ3v) is 5.24. The summed E-state index contributed by atoms with van der Waals surface area (Å²) in [5.74, 6) is 0. The number of fused-ring (bicyclic) bond motifs is 1. The molecule has 0 aliphatic heterocycles.